The molecule has 1 aliphatic rings. The highest BCUT2D eigenvalue weighted by Crippen LogP contribution is 2.17. The molecule has 146 valence electrons. The zero-order chi connectivity index (χ0) is 19.2. The number of anilines is 1. The minimum absolute atomic E-state index is 0.200. The van der Waals surface area contributed by atoms with Crippen LogP contribution in [0.1, 0.15) is 27.7 Å². The Bertz CT molecular complexity index is 619. The van der Waals surface area contributed by atoms with E-state index in [2.05, 4.69) is 27.0 Å². The molecule has 0 bridgehead atoms. The van der Waals surface area contributed by atoms with Crippen LogP contribution in [-0.4, -0.2) is 64.8 Å². The summed E-state index contributed by atoms with van der Waals surface area (Å²) in [5.41, 5.74) is 1.05. The van der Waals surface area contributed by atoms with Gasteiger partial charge in [0.1, 0.15) is 5.82 Å². The van der Waals surface area contributed by atoms with Crippen LogP contribution < -0.4 is 10.2 Å². The summed E-state index contributed by atoms with van der Waals surface area (Å²) in [6.45, 7) is 12.8. The predicted molar refractivity (Wildman–Crippen MR) is 109 cm³/mol. The van der Waals surface area contributed by atoms with Gasteiger partial charge in [-0.25, -0.2) is 4.39 Å². The molecule has 1 fully saturated rings. The molecule has 1 aromatic carbocycles. The molecule has 1 N–H and O–H groups in total. The molecule has 1 aromatic rings. The molecule has 0 amide bonds. The third kappa shape index (κ3) is 5.97. The van der Waals surface area contributed by atoms with Gasteiger partial charge < -0.3 is 15.1 Å². The molecule has 1 unspecified atom stereocenters. The first-order chi connectivity index (χ1) is 12.3. The van der Waals surface area contributed by atoms with Gasteiger partial charge in [-0.05, 0) is 52.0 Å². The van der Waals surface area contributed by atoms with Crippen molar-refractivity contribution < 1.29 is 8.60 Å². The third-order valence-corrected chi connectivity index (χ3v) is 6.25. The van der Waals surface area contributed by atoms with Crippen molar-refractivity contribution in [2.75, 3.05) is 49.9 Å². The molecule has 1 heterocycles. The van der Waals surface area contributed by atoms with E-state index in [0.717, 1.165) is 44.4 Å². The number of halogens is 1. The Morgan fingerprint density at radius 2 is 1.81 bits per heavy atom. The fourth-order valence-electron chi connectivity index (χ4n) is 2.79. The molecule has 7 heteroatoms. The van der Waals surface area contributed by atoms with Gasteiger partial charge in [0.15, 0.2) is 5.96 Å². The number of hydrogen-bond acceptors (Lipinski definition) is 3. The van der Waals surface area contributed by atoms with Crippen LogP contribution in [0.15, 0.2) is 29.3 Å². The predicted octanol–water partition coefficient (Wildman–Crippen LogP) is 2.46. The zero-order valence-corrected chi connectivity index (χ0v) is 17.1. The van der Waals surface area contributed by atoms with Crippen LogP contribution in [0, 0.1) is 5.82 Å². The Hall–Kier alpha value is -1.63. The molecule has 1 aliphatic heterocycles. The second-order valence-electron chi connectivity index (χ2n) is 7.35. The number of benzene rings is 1. The molecule has 2 rings (SSSR count). The van der Waals surface area contributed by atoms with Crippen molar-refractivity contribution >= 4 is 22.4 Å². The maximum absolute atomic E-state index is 13.1. The smallest absolute Gasteiger partial charge is 0.194 e. The van der Waals surface area contributed by atoms with Crippen molar-refractivity contribution in [1.29, 1.82) is 0 Å². The normalized spacial score (nSPS) is 17.3. The minimum atomic E-state index is -0.887. The van der Waals surface area contributed by atoms with Crippen molar-refractivity contribution in [3.05, 3.63) is 30.1 Å². The van der Waals surface area contributed by atoms with E-state index < -0.39 is 10.8 Å². The summed E-state index contributed by atoms with van der Waals surface area (Å²) in [5, 5.41) is 3.34. The summed E-state index contributed by atoms with van der Waals surface area (Å²) in [6.07, 6.45) is 0. The molecule has 0 spiro atoms. The van der Waals surface area contributed by atoms with Crippen molar-refractivity contribution in [2.24, 2.45) is 4.99 Å². The number of nitrogens with zero attached hydrogens (tertiary/aromatic N) is 3. The Labute approximate surface area is 159 Å². The summed E-state index contributed by atoms with van der Waals surface area (Å²) in [6, 6.07) is 6.66. The van der Waals surface area contributed by atoms with Gasteiger partial charge in [0.2, 0.25) is 0 Å². The lowest BCUT2D eigenvalue weighted by atomic mass is 10.2. The zero-order valence-electron chi connectivity index (χ0n) is 16.3. The van der Waals surface area contributed by atoms with Gasteiger partial charge >= 0.3 is 0 Å². The molecular formula is C19H31FN4OS. The fraction of sp³-hybridized carbons (Fsp3) is 0.632. The largest absolute Gasteiger partial charge is 0.368 e. The Kier molecular flexibility index (Phi) is 7.43. The molecule has 0 aromatic heterocycles. The van der Waals surface area contributed by atoms with Gasteiger partial charge in [-0.3, -0.25) is 9.20 Å². The molecule has 1 saturated heterocycles. The summed E-state index contributed by atoms with van der Waals surface area (Å²) in [4.78, 5) is 9.17. The van der Waals surface area contributed by atoms with Crippen molar-refractivity contribution in [1.82, 2.24) is 10.2 Å². The molecule has 0 radical (unpaired) electrons. The second kappa shape index (κ2) is 9.35. The first-order valence-corrected chi connectivity index (χ1v) is 10.6. The standard InChI is InChI=1S/C19H31FN4OS/c1-5-21-18(22-10-15-26(25)19(2,3)4)24-13-11-23(12-14-24)17-8-6-16(20)7-9-17/h6-9H,5,10-15H2,1-4H3,(H,21,22). The monoisotopic (exact) mass is 382 g/mol. The van der Waals surface area contributed by atoms with Crippen LogP contribution in [0.3, 0.4) is 0 Å². The van der Waals surface area contributed by atoms with Gasteiger partial charge in [-0.15, -0.1) is 0 Å². The van der Waals surface area contributed by atoms with E-state index in [9.17, 15) is 8.60 Å². The number of aliphatic imine (C=N–C) groups is 1. The van der Waals surface area contributed by atoms with Crippen molar-refractivity contribution in [3.63, 3.8) is 0 Å². The number of nitrogens with one attached hydrogen (secondary N) is 1. The average Bonchev–Trinajstić information content (AvgIpc) is 2.61. The lowest BCUT2D eigenvalue weighted by molar-refractivity contribution is 0.373. The van der Waals surface area contributed by atoms with E-state index in [1.165, 1.54) is 12.1 Å². The molecule has 0 saturated carbocycles. The number of rotatable bonds is 5. The van der Waals surface area contributed by atoms with E-state index in [1.54, 1.807) is 0 Å². The molecule has 0 aliphatic carbocycles. The van der Waals surface area contributed by atoms with Crippen molar-refractivity contribution in [2.45, 2.75) is 32.4 Å². The van der Waals surface area contributed by atoms with E-state index in [1.807, 2.05) is 32.9 Å². The number of piperazine rings is 1. The first kappa shape index (κ1) is 20.7. The summed E-state index contributed by atoms with van der Waals surface area (Å²) in [7, 11) is -0.887. The van der Waals surface area contributed by atoms with Crippen LogP contribution in [0.2, 0.25) is 0 Å². The molecule has 26 heavy (non-hydrogen) atoms. The quantitative estimate of drug-likeness (QED) is 0.628. The highest BCUT2D eigenvalue weighted by Gasteiger charge is 2.21. The van der Waals surface area contributed by atoms with Crippen molar-refractivity contribution in [3.8, 4) is 0 Å². The van der Waals surface area contributed by atoms with Crippen LogP contribution in [0.25, 0.3) is 0 Å². The molecule has 5 nitrogen and oxygen atoms in total. The van der Waals surface area contributed by atoms with E-state index in [-0.39, 0.29) is 10.6 Å². The van der Waals surface area contributed by atoms with Crippen LogP contribution >= 0.6 is 0 Å². The SMILES string of the molecule is CCNC(=NCCS(=O)C(C)(C)C)N1CCN(c2ccc(F)cc2)CC1. The lowest BCUT2D eigenvalue weighted by Gasteiger charge is -2.37. The second-order valence-corrected chi connectivity index (χ2v) is 9.67. The Balaban J connectivity index is 1.91. The van der Waals surface area contributed by atoms with Crippen LogP contribution in [0.5, 0.6) is 0 Å². The fourth-order valence-corrected chi connectivity index (χ4v) is 3.66. The van der Waals surface area contributed by atoms with E-state index >= 15 is 0 Å². The van der Waals surface area contributed by atoms with Gasteiger partial charge in [-0.1, -0.05) is 0 Å². The highest BCUT2D eigenvalue weighted by molar-refractivity contribution is 7.86. The van der Waals surface area contributed by atoms with Crippen LogP contribution in [-0.2, 0) is 10.8 Å². The summed E-state index contributed by atoms with van der Waals surface area (Å²) in [5.74, 6) is 1.26. The minimum Gasteiger partial charge on any atom is -0.368 e. The Morgan fingerprint density at radius 1 is 1.19 bits per heavy atom. The number of guanidine groups is 1. The molecule has 1 atom stereocenters. The summed E-state index contributed by atoms with van der Waals surface area (Å²) < 4.78 is 25.1. The van der Waals surface area contributed by atoms with E-state index in [0.29, 0.717) is 12.3 Å². The Morgan fingerprint density at radius 3 is 2.35 bits per heavy atom. The van der Waals surface area contributed by atoms with Gasteiger partial charge in [0.05, 0.1) is 6.54 Å². The number of hydrogen-bond donors (Lipinski definition) is 1. The molecular weight excluding hydrogens is 351 g/mol. The highest BCUT2D eigenvalue weighted by atomic mass is 32.2. The van der Waals surface area contributed by atoms with Gasteiger partial charge in [0, 0.05) is 59.7 Å². The topological polar surface area (TPSA) is 47.9 Å². The maximum atomic E-state index is 13.1. The first-order valence-electron chi connectivity index (χ1n) is 9.23. The summed E-state index contributed by atoms with van der Waals surface area (Å²) >= 11 is 0. The maximum Gasteiger partial charge on any atom is 0.194 e. The van der Waals surface area contributed by atoms with Gasteiger partial charge in [-0.2, -0.15) is 0 Å². The average molecular weight is 383 g/mol. The van der Waals surface area contributed by atoms with Gasteiger partial charge in [0.25, 0.3) is 0 Å². The third-order valence-electron chi connectivity index (χ3n) is 4.33. The lowest BCUT2D eigenvalue weighted by Crippen LogP contribution is -2.52. The van der Waals surface area contributed by atoms with E-state index in [4.69, 9.17) is 0 Å². The van der Waals surface area contributed by atoms with Crippen LogP contribution in [0.4, 0.5) is 10.1 Å².